The van der Waals surface area contributed by atoms with Gasteiger partial charge in [0.25, 0.3) is 5.91 Å². The van der Waals surface area contributed by atoms with Crippen molar-refractivity contribution in [1.29, 1.82) is 0 Å². The Morgan fingerprint density at radius 2 is 1.76 bits per heavy atom. The first-order valence-corrected chi connectivity index (χ1v) is 9.27. The fraction of sp³-hybridized carbons (Fsp3) is 0.318. The Bertz CT molecular complexity index is 889. The molecule has 0 aromatic heterocycles. The predicted molar refractivity (Wildman–Crippen MR) is 111 cm³/mol. The largest absolute Gasteiger partial charge is 0.483 e. The summed E-state index contributed by atoms with van der Waals surface area (Å²) in [6.07, 6.45) is 0. The highest BCUT2D eigenvalue weighted by atomic mass is 16.5. The quantitative estimate of drug-likeness (QED) is 0.498. The number of nitrogens with one attached hydrogen (secondary N) is 1. The van der Waals surface area contributed by atoms with Gasteiger partial charge >= 0.3 is 5.97 Å². The second kappa shape index (κ2) is 10.3. The van der Waals surface area contributed by atoms with Crippen LogP contribution in [-0.4, -0.2) is 35.9 Å². The van der Waals surface area contributed by atoms with E-state index in [0.717, 1.165) is 16.7 Å². The molecule has 2 rings (SSSR count). The zero-order chi connectivity index (χ0) is 21.4. The number of carboxylic acid groups (broad SMARTS) is 1. The molecule has 7 nitrogen and oxygen atoms in total. The molecule has 2 aromatic rings. The summed E-state index contributed by atoms with van der Waals surface area (Å²) in [7, 11) is 0. The third kappa shape index (κ3) is 6.95. The molecule has 0 unspecified atom stereocenters. The molecule has 0 aliphatic carbocycles. The van der Waals surface area contributed by atoms with E-state index in [9.17, 15) is 9.59 Å². The van der Waals surface area contributed by atoms with E-state index in [0.29, 0.717) is 17.2 Å². The molecule has 2 N–H and O–H groups in total. The summed E-state index contributed by atoms with van der Waals surface area (Å²) in [5.41, 5.74) is 5.97. The molecular formula is C22H26N2O5. The van der Waals surface area contributed by atoms with Gasteiger partial charge in [0.1, 0.15) is 11.5 Å². The highest BCUT2D eigenvalue weighted by Gasteiger charge is 2.10. The first-order valence-electron chi connectivity index (χ1n) is 9.27. The summed E-state index contributed by atoms with van der Waals surface area (Å²) in [6.45, 7) is 7.34. The SMILES string of the molecule is C/C(=N/NC(=O)COc1cc(C)ccc1C(C)C)c1ccc(OCC(=O)O)cc1. The number of benzene rings is 2. The second-order valence-corrected chi connectivity index (χ2v) is 6.92. The molecule has 0 aliphatic rings. The molecule has 0 saturated heterocycles. The minimum atomic E-state index is -1.04. The van der Waals surface area contributed by atoms with Gasteiger partial charge in [0, 0.05) is 0 Å². The Morgan fingerprint density at radius 3 is 2.38 bits per heavy atom. The molecule has 0 radical (unpaired) electrons. The van der Waals surface area contributed by atoms with E-state index in [1.807, 2.05) is 25.1 Å². The number of carbonyl (C=O) groups is 2. The monoisotopic (exact) mass is 398 g/mol. The average Bonchev–Trinajstić information content (AvgIpc) is 2.69. The molecule has 1 amide bonds. The van der Waals surface area contributed by atoms with Crippen LogP contribution >= 0.6 is 0 Å². The minimum Gasteiger partial charge on any atom is -0.483 e. The van der Waals surface area contributed by atoms with Crippen LogP contribution in [0.1, 0.15) is 43.4 Å². The van der Waals surface area contributed by atoms with Crippen LogP contribution in [0, 0.1) is 6.92 Å². The van der Waals surface area contributed by atoms with Gasteiger partial charge in [-0.3, -0.25) is 4.79 Å². The Morgan fingerprint density at radius 1 is 1.07 bits per heavy atom. The van der Waals surface area contributed by atoms with Crippen molar-refractivity contribution in [3.8, 4) is 11.5 Å². The lowest BCUT2D eigenvalue weighted by Gasteiger charge is -2.14. The van der Waals surface area contributed by atoms with Crippen molar-refractivity contribution in [3.05, 3.63) is 59.2 Å². The van der Waals surface area contributed by atoms with Crippen molar-refractivity contribution in [1.82, 2.24) is 5.43 Å². The number of aryl methyl sites for hydroxylation is 1. The molecule has 154 valence electrons. The Hall–Kier alpha value is -3.35. The molecular weight excluding hydrogens is 372 g/mol. The summed E-state index contributed by atoms with van der Waals surface area (Å²) in [6, 6.07) is 12.7. The van der Waals surface area contributed by atoms with Crippen molar-refractivity contribution in [2.24, 2.45) is 5.10 Å². The van der Waals surface area contributed by atoms with Crippen molar-refractivity contribution in [2.45, 2.75) is 33.6 Å². The first kappa shape index (κ1) is 21.9. The van der Waals surface area contributed by atoms with Crippen molar-refractivity contribution in [2.75, 3.05) is 13.2 Å². The molecule has 29 heavy (non-hydrogen) atoms. The zero-order valence-electron chi connectivity index (χ0n) is 17.1. The van der Waals surface area contributed by atoms with Crippen molar-refractivity contribution < 1.29 is 24.2 Å². The summed E-state index contributed by atoms with van der Waals surface area (Å²) < 4.78 is 10.8. The summed E-state index contributed by atoms with van der Waals surface area (Å²) in [5, 5.41) is 12.7. The number of carbonyl (C=O) groups excluding carboxylic acids is 1. The topological polar surface area (TPSA) is 97.2 Å². The fourth-order valence-corrected chi connectivity index (χ4v) is 2.57. The summed E-state index contributed by atoms with van der Waals surface area (Å²) in [5.74, 6) is 0.0366. The maximum Gasteiger partial charge on any atom is 0.341 e. The number of ether oxygens (including phenoxy) is 2. The molecule has 0 saturated carbocycles. The van der Waals surface area contributed by atoms with Gasteiger partial charge in [-0.1, -0.05) is 26.0 Å². The van der Waals surface area contributed by atoms with E-state index in [4.69, 9.17) is 14.6 Å². The van der Waals surface area contributed by atoms with Crippen LogP contribution in [0.2, 0.25) is 0 Å². The van der Waals surface area contributed by atoms with E-state index < -0.39 is 12.6 Å². The van der Waals surface area contributed by atoms with E-state index in [1.165, 1.54) is 0 Å². The fourth-order valence-electron chi connectivity index (χ4n) is 2.57. The number of rotatable bonds is 9. The van der Waals surface area contributed by atoms with Crippen molar-refractivity contribution in [3.63, 3.8) is 0 Å². The van der Waals surface area contributed by atoms with Crippen LogP contribution in [-0.2, 0) is 9.59 Å². The number of carboxylic acids is 1. The minimum absolute atomic E-state index is 0.137. The summed E-state index contributed by atoms with van der Waals surface area (Å²) >= 11 is 0. The number of hydrogen-bond acceptors (Lipinski definition) is 5. The van der Waals surface area contributed by atoms with Crippen LogP contribution in [0.3, 0.4) is 0 Å². The smallest absolute Gasteiger partial charge is 0.341 e. The van der Waals surface area contributed by atoms with E-state index in [2.05, 4.69) is 24.4 Å². The van der Waals surface area contributed by atoms with E-state index >= 15 is 0 Å². The van der Waals surface area contributed by atoms with Crippen LogP contribution in [0.25, 0.3) is 0 Å². The Labute approximate surface area is 170 Å². The maximum absolute atomic E-state index is 12.1. The lowest BCUT2D eigenvalue weighted by atomic mass is 10.0. The standard InChI is InChI=1S/C22H26N2O5/c1-14(2)19-10-5-15(3)11-20(19)29-12-21(25)24-23-16(4)17-6-8-18(9-7-17)28-13-22(26)27/h5-11,14H,12-13H2,1-4H3,(H,24,25)(H,26,27)/b23-16-. The first-order chi connectivity index (χ1) is 13.8. The van der Waals surface area contributed by atoms with Gasteiger partial charge in [-0.2, -0.15) is 5.10 Å². The molecule has 0 fully saturated rings. The van der Waals surface area contributed by atoms with Crippen LogP contribution < -0.4 is 14.9 Å². The molecule has 0 bridgehead atoms. The van der Waals surface area contributed by atoms with E-state index in [-0.39, 0.29) is 18.4 Å². The maximum atomic E-state index is 12.1. The number of nitrogens with zero attached hydrogens (tertiary/aromatic N) is 1. The Balaban J connectivity index is 1.92. The van der Waals surface area contributed by atoms with Gasteiger partial charge in [0.2, 0.25) is 0 Å². The highest BCUT2D eigenvalue weighted by Crippen LogP contribution is 2.27. The van der Waals surface area contributed by atoms with Gasteiger partial charge in [-0.15, -0.1) is 0 Å². The van der Waals surface area contributed by atoms with Crippen LogP contribution in [0.5, 0.6) is 11.5 Å². The molecule has 2 aromatic carbocycles. The normalized spacial score (nSPS) is 11.3. The van der Waals surface area contributed by atoms with Gasteiger partial charge in [-0.05, 0) is 66.8 Å². The average molecular weight is 398 g/mol. The predicted octanol–water partition coefficient (Wildman–Crippen LogP) is 3.50. The third-order valence-electron chi connectivity index (χ3n) is 4.13. The van der Waals surface area contributed by atoms with Gasteiger partial charge in [0.15, 0.2) is 13.2 Å². The number of amides is 1. The third-order valence-corrected chi connectivity index (χ3v) is 4.13. The molecule has 0 aliphatic heterocycles. The number of hydrazone groups is 1. The van der Waals surface area contributed by atoms with Crippen LogP contribution in [0.15, 0.2) is 47.6 Å². The second-order valence-electron chi connectivity index (χ2n) is 6.92. The molecule has 0 atom stereocenters. The zero-order valence-corrected chi connectivity index (χ0v) is 17.1. The van der Waals surface area contributed by atoms with Gasteiger partial charge < -0.3 is 14.6 Å². The van der Waals surface area contributed by atoms with Crippen molar-refractivity contribution >= 4 is 17.6 Å². The molecule has 7 heteroatoms. The number of aliphatic carboxylic acids is 1. The summed E-state index contributed by atoms with van der Waals surface area (Å²) in [4.78, 5) is 22.6. The van der Waals surface area contributed by atoms with Gasteiger partial charge in [0.05, 0.1) is 5.71 Å². The molecule has 0 heterocycles. The Kier molecular flexibility index (Phi) is 7.77. The van der Waals surface area contributed by atoms with E-state index in [1.54, 1.807) is 31.2 Å². The molecule has 0 spiro atoms. The lowest BCUT2D eigenvalue weighted by Crippen LogP contribution is -2.26. The highest BCUT2D eigenvalue weighted by molar-refractivity contribution is 5.99. The van der Waals surface area contributed by atoms with Crippen LogP contribution in [0.4, 0.5) is 0 Å². The van der Waals surface area contributed by atoms with Gasteiger partial charge in [-0.25, -0.2) is 10.2 Å². The number of hydrogen-bond donors (Lipinski definition) is 2. The lowest BCUT2D eigenvalue weighted by molar-refractivity contribution is -0.139.